The van der Waals surface area contributed by atoms with Crippen molar-refractivity contribution in [3.05, 3.63) is 130 Å². The molecule has 9 heteroatoms. The predicted molar refractivity (Wildman–Crippen MR) is 221 cm³/mol. The summed E-state index contributed by atoms with van der Waals surface area (Å²) in [7, 11) is -5.30. The van der Waals surface area contributed by atoms with Crippen LogP contribution in [0.1, 0.15) is 13.8 Å². The first kappa shape index (κ1) is 44.8. The number of anilines is 2. The minimum atomic E-state index is -1.33. The summed E-state index contributed by atoms with van der Waals surface area (Å²) in [6, 6.07) is 21.7. The molecule has 2 heterocycles. The van der Waals surface area contributed by atoms with E-state index in [2.05, 4.69) is 199 Å². The molecule has 2 unspecified atom stereocenters. The Bertz CT molecular complexity index is 1570. The van der Waals surface area contributed by atoms with Gasteiger partial charge in [-0.2, -0.15) is 12.2 Å². The Morgan fingerprint density at radius 1 is 0.540 bits per heavy atom. The average Bonchev–Trinajstić information content (AvgIpc) is 3.71. The van der Waals surface area contributed by atoms with E-state index in [4.69, 9.17) is 0 Å². The molecule has 0 saturated heterocycles. The van der Waals surface area contributed by atoms with Crippen LogP contribution in [0.15, 0.2) is 118 Å². The fourth-order valence-electron chi connectivity index (χ4n) is 6.20. The predicted octanol–water partition coefficient (Wildman–Crippen LogP) is 5.12. The van der Waals surface area contributed by atoms with Crippen molar-refractivity contribution < 1.29 is 49.0 Å². The molecule has 2 aromatic carbocycles. The Labute approximate surface area is 336 Å². The van der Waals surface area contributed by atoms with Crippen molar-refractivity contribution in [3.63, 3.8) is 0 Å². The molecular weight excluding hydrogens is 795 g/mol. The van der Waals surface area contributed by atoms with E-state index in [1.54, 1.807) is 24.2 Å². The third kappa shape index (κ3) is 10.9. The van der Waals surface area contributed by atoms with Crippen molar-refractivity contribution in [2.75, 3.05) is 9.80 Å². The maximum atomic E-state index is 3.72. The van der Waals surface area contributed by atoms with Crippen LogP contribution in [-0.4, -0.2) is 46.8 Å². The van der Waals surface area contributed by atoms with Crippen LogP contribution >= 0.6 is 0 Å². The summed E-state index contributed by atoms with van der Waals surface area (Å²) in [4.78, 5) is 5.11. The smallest absolute Gasteiger partial charge is 0.0635 e. The number of para-hydroxylation sites is 2. The first-order valence-electron chi connectivity index (χ1n) is 17.5. The van der Waals surface area contributed by atoms with Gasteiger partial charge in [0.15, 0.2) is 0 Å². The number of fused-ring (bicyclic) bond motifs is 2. The van der Waals surface area contributed by atoms with E-state index < -0.39 is 32.3 Å². The van der Waals surface area contributed by atoms with E-state index in [9.17, 15) is 0 Å². The summed E-state index contributed by atoms with van der Waals surface area (Å²) in [5.74, 6) is 0. The van der Waals surface area contributed by atoms with Gasteiger partial charge in [-0.3, -0.25) is 0 Å². The van der Waals surface area contributed by atoms with Crippen LogP contribution in [-0.2, 0) is 24.2 Å². The van der Waals surface area contributed by atoms with Crippen LogP contribution in [0.4, 0.5) is 11.4 Å². The molecule has 0 aromatic heterocycles. The second-order valence-corrected chi connectivity index (χ2v) is 41.0. The average molecular weight is 853 g/mol. The number of hydrogen-bond acceptors (Lipinski definition) is 2. The Morgan fingerprint density at radius 3 is 1.06 bits per heavy atom. The molecule has 2 aliphatic heterocycles. The van der Waals surface area contributed by atoms with Crippen LogP contribution in [0.2, 0.25) is 78.6 Å². The topological polar surface area (TPSA) is 6.48 Å². The molecule has 0 radical (unpaired) electrons. The first-order valence-corrected chi connectivity index (χ1v) is 32.8. The minimum absolute atomic E-state index is 0. The molecule has 2 aliphatic carbocycles. The Hall–Kier alpha value is -1.32. The molecule has 2 aromatic rings. The van der Waals surface area contributed by atoms with Gasteiger partial charge in [0.25, 0.3) is 0 Å². The molecule has 50 heavy (non-hydrogen) atoms. The molecule has 4 aliphatic rings. The van der Waals surface area contributed by atoms with Crippen molar-refractivity contribution in [1.29, 1.82) is 0 Å². The summed E-state index contributed by atoms with van der Waals surface area (Å²) in [5.41, 5.74) is 9.06. The maximum absolute atomic E-state index is 3.72. The molecule has 0 fully saturated rings. The van der Waals surface area contributed by atoms with Gasteiger partial charge in [-0.1, -0.05) is 126 Å². The maximum Gasteiger partial charge on any atom is 0.0635 e. The van der Waals surface area contributed by atoms with E-state index in [1.165, 1.54) is 47.5 Å². The first-order chi connectivity index (χ1) is 22.1. The molecule has 0 bridgehead atoms. The molecule has 6 rings (SSSR count). The molecule has 0 N–H and O–H groups in total. The van der Waals surface area contributed by atoms with Crippen molar-refractivity contribution in [2.24, 2.45) is 0 Å². The normalized spacial score (nSPS) is 19.4. The zero-order chi connectivity index (χ0) is 35.8. The molecule has 2 nitrogen and oxygen atoms in total. The zero-order valence-corrected chi connectivity index (χ0v) is 40.9. The van der Waals surface area contributed by atoms with Gasteiger partial charge in [-0.05, 0) is 24.3 Å². The molecule has 0 amide bonds. The second kappa shape index (κ2) is 17.2. The fraction of sp³-hybridized carbons (Fsp3) is 0.390. The number of benzene rings is 2. The largest absolute Gasteiger partial charge is 1.00 e. The molecule has 0 saturated carbocycles. The van der Waals surface area contributed by atoms with Crippen molar-refractivity contribution in [2.45, 2.75) is 104 Å². The number of halogens is 2. The minimum Gasteiger partial charge on any atom is -1.00 e. The van der Waals surface area contributed by atoms with E-state index in [-0.39, 0.29) is 24.8 Å². The van der Waals surface area contributed by atoms with Crippen LogP contribution in [0.5, 0.6) is 0 Å². The van der Waals surface area contributed by atoms with Crippen LogP contribution in [0.3, 0.4) is 0 Å². The van der Waals surface area contributed by atoms with Crippen LogP contribution in [0, 0.1) is 12.2 Å². The van der Waals surface area contributed by atoms with Gasteiger partial charge in [-0.15, -0.1) is 45.8 Å². The van der Waals surface area contributed by atoms with Gasteiger partial charge in [0.2, 0.25) is 0 Å². The molecule has 2 atom stereocenters. The van der Waals surface area contributed by atoms with Gasteiger partial charge in [0.05, 0.1) is 32.3 Å². The van der Waals surface area contributed by atoms with E-state index in [1.807, 2.05) is 0 Å². The molecule has 0 spiro atoms. The third-order valence-electron chi connectivity index (χ3n) is 8.84. The Morgan fingerprint density at radius 2 is 0.820 bits per heavy atom. The third-order valence-corrected chi connectivity index (χ3v) is 17.0. The number of allylic oxidation sites excluding steroid dienone is 6. The SMILES string of the molecule is C[C](C)=[Zr+2].C[Si](C)(C)C1=[C-]C2=CC([Si](C)(C)C)N(c3ccccc3)C2=C1.C[Si](C)(C)C1=[C-]C2=CC([Si](C)(C)C)N(c3ccccc3)C2=C1.[Cl-].[Cl-]. The van der Waals surface area contributed by atoms with E-state index in [0.717, 1.165) is 0 Å². The van der Waals surface area contributed by atoms with Crippen molar-refractivity contribution in [1.82, 2.24) is 0 Å². The van der Waals surface area contributed by atoms with Gasteiger partial charge < -0.3 is 34.6 Å². The zero-order valence-electron chi connectivity index (χ0n) is 32.9. The summed E-state index contributed by atoms with van der Waals surface area (Å²) >= 11 is 1.55. The van der Waals surface area contributed by atoms with Gasteiger partial charge in [-0.25, -0.2) is 0 Å². The number of rotatable bonds is 6. The van der Waals surface area contributed by atoms with Crippen molar-refractivity contribution in [3.8, 4) is 0 Å². The van der Waals surface area contributed by atoms with E-state index in [0.29, 0.717) is 11.3 Å². The Kier molecular flexibility index (Phi) is 15.4. The molecule has 268 valence electrons. The van der Waals surface area contributed by atoms with Gasteiger partial charge in [0, 0.05) is 22.7 Å². The van der Waals surface area contributed by atoms with Crippen LogP contribution in [0.25, 0.3) is 0 Å². The Balaban J connectivity index is 0.000000303. The summed E-state index contributed by atoms with van der Waals surface area (Å²) in [5, 5.41) is 2.90. The standard InChI is InChI=1S/2C19H26NSi2.C3H6.2ClH.Zr/c2*1-21(2,3)17-12-15-13-19(22(4,5)6)20(18(15)14-17)16-10-8-7-9-11-16;1-3-2;;;/h2*7-11,13-14,19H,1-6H3;1-2H3;2*1H;/q2*-1;;;;+2/p-2. The van der Waals surface area contributed by atoms with Gasteiger partial charge >= 0.3 is 41.3 Å². The summed E-state index contributed by atoms with van der Waals surface area (Å²) in [6.07, 6.45) is 17.2. The van der Waals surface area contributed by atoms with E-state index >= 15 is 0 Å². The summed E-state index contributed by atoms with van der Waals surface area (Å²) < 4.78 is 1.51. The second-order valence-electron chi connectivity index (χ2n) is 17.8. The monoisotopic (exact) mass is 850 g/mol. The number of hydrogen-bond donors (Lipinski definition) is 0. The quantitative estimate of drug-likeness (QED) is 0.295. The summed E-state index contributed by atoms with van der Waals surface area (Å²) in [6.45, 7) is 33.4. The van der Waals surface area contributed by atoms with Crippen LogP contribution < -0.4 is 34.6 Å². The van der Waals surface area contributed by atoms with Gasteiger partial charge in [0.1, 0.15) is 0 Å². The molecular formula is C41H58Cl2N2Si4Zr-2. The fourth-order valence-corrected chi connectivity index (χ4v) is 11.8. The number of nitrogens with zero attached hydrogens (tertiary/aromatic N) is 2. The van der Waals surface area contributed by atoms with Crippen molar-refractivity contribution >= 4 is 46.9 Å².